The van der Waals surface area contributed by atoms with Gasteiger partial charge in [0, 0.05) is 25.6 Å². The number of hydrogen-bond acceptors (Lipinski definition) is 3. The van der Waals surface area contributed by atoms with Crippen molar-refractivity contribution in [1.82, 2.24) is 10.2 Å². The molecule has 1 N–H and O–H groups in total. The highest BCUT2D eigenvalue weighted by atomic mass is 15.1. The van der Waals surface area contributed by atoms with E-state index in [1.165, 1.54) is 18.7 Å². The van der Waals surface area contributed by atoms with Crippen LogP contribution in [0.1, 0.15) is 33.1 Å². The largest absolute Gasteiger partial charge is 0.370 e. The lowest BCUT2D eigenvalue weighted by molar-refractivity contribution is 0.311. The third-order valence-electron chi connectivity index (χ3n) is 2.84. The molecule has 0 aromatic rings. The van der Waals surface area contributed by atoms with Crippen molar-refractivity contribution >= 4 is 5.84 Å². The molecule has 15 heavy (non-hydrogen) atoms. The van der Waals surface area contributed by atoms with Crippen molar-refractivity contribution in [2.45, 2.75) is 39.2 Å². The Balaban J connectivity index is 2.46. The second kappa shape index (κ2) is 6.11. The number of rotatable bonds is 4. The number of amidine groups is 1. The van der Waals surface area contributed by atoms with Crippen LogP contribution in [0.25, 0.3) is 0 Å². The molecule has 0 bridgehead atoms. The van der Waals surface area contributed by atoms with Crippen LogP contribution in [0.4, 0.5) is 0 Å². The van der Waals surface area contributed by atoms with Gasteiger partial charge in [0.25, 0.3) is 0 Å². The fourth-order valence-electron chi connectivity index (χ4n) is 1.85. The number of nitrogens with zero attached hydrogens (tertiary/aromatic N) is 2. The molecule has 3 heteroatoms. The minimum Gasteiger partial charge on any atom is -0.370 e. The van der Waals surface area contributed by atoms with E-state index in [-0.39, 0.29) is 0 Å². The van der Waals surface area contributed by atoms with E-state index in [0.717, 1.165) is 19.5 Å². The van der Waals surface area contributed by atoms with E-state index in [1.54, 1.807) is 0 Å². The summed E-state index contributed by atoms with van der Waals surface area (Å²) >= 11 is 0. The first-order valence-electron chi connectivity index (χ1n) is 6.04. The van der Waals surface area contributed by atoms with E-state index in [2.05, 4.69) is 43.2 Å². The van der Waals surface area contributed by atoms with Crippen molar-refractivity contribution in [3.8, 4) is 0 Å². The van der Waals surface area contributed by atoms with Gasteiger partial charge in [-0.1, -0.05) is 13.8 Å². The molecule has 0 saturated heterocycles. The lowest BCUT2D eigenvalue weighted by Gasteiger charge is -2.28. The molecule has 0 spiro atoms. The molecule has 0 radical (unpaired) electrons. The summed E-state index contributed by atoms with van der Waals surface area (Å²) in [4.78, 5) is 6.78. The standard InChI is InChI=1S/C12H25N3/c1-10(2)11(9-15(3)4)14-12-7-5-6-8-13-12/h10-11H,5-9H2,1-4H3,(H,13,14). The summed E-state index contributed by atoms with van der Waals surface area (Å²) in [5.41, 5.74) is 0. The summed E-state index contributed by atoms with van der Waals surface area (Å²) in [6.45, 7) is 6.63. The zero-order valence-corrected chi connectivity index (χ0v) is 10.6. The smallest absolute Gasteiger partial charge is 0.0965 e. The summed E-state index contributed by atoms with van der Waals surface area (Å²) < 4.78 is 0. The van der Waals surface area contributed by atoms with Crippen LogP contribution in [0.2, 0.25) is 0 Å². The molecule has 3 nitrogen and oxygen atoms in total. The minimum atomic E-state index is 0.525. The average Bonchev–Trinajstić information content (AvgIpc) is 2.17. The molecule has 1 aliphatic heterocycles. The van der Waals surface area contributed by atoms with E-state index in [9.17, 15) is 0 Å². The van der Waals surface area contributed by atoms with Crippen LogP contribution in [-0.2, 0) is 0 Å². The second-order valence-electron chi connectivity index (χ2n) is 5.04. The molecule has 0 aromatic carbocycles. The van der Waals surface area contributed by atoms with Crippen molar-refractivity contribution in [2.75, 3.05) is 27.2 Å². The molecule has 1 unspecified atom stereocenters. The van der Waals surface area contributed by atoms with Crippen molar-refractivity contribution in [1.29, 1.82) is 0 Å². The van der Waals surface area contributed by atoms with Crippen LogP contribution in [-0.4, -0.2) is 44.0 Å². The predicted octanol–water partition coefficient (Wildman–Crippen LogP) is 1.74. The van der Waals surface area contributed by atoms with Crippen molar-refractivity contribution in [3.63, 3.8) is 0 Å². The molecule has 0 aromatic heterocycles. The Morgan fingerprint density at radius 2 is 2.07 bits per heavy atom. The summed E-state index contributed by atoms with van der Waals surface area (Å²) in [5, 5.41) is 3.60. The summed E-state index contributed by atoms with van der Waals surface area (Å²) in [6.07, 6.45) is 3.68. The maximum Gasteiger partial charge on any atom is 0.0965 e. The number of aliphatic imine (C=N–C) groups is 1. The van der Waals surface area contributed by atoms with Crippen molar-refractivity contribution < 1.29 is 0 Å². The van der Waals surface area contributed by atoms with Crippen LogP contribution in [0.15, 0.2) is 4.99 Å². The van der Waals surface area contributed by atoms with Gasteiger partial charge >= 0.3 is 0 Å². The summed E-state index contributed by atoms with van der Waals surface area (Å²) in [5.74, 6) is 1.87. The highest BCUT2D eigenvalue weighted by Gasteiger charge is 2.16. The molecule has 1 aliphatic rings. The maximum atomic E-state index is 4.55. The molecule has 1 rings (SSSR count). The maximum absolute atomic E-state index is 4.55. The molecule has 0 fully saturated rings. The lowest BCUT2D eigenvalue weighted by Crippen LogP contribution is -2.45. The van der Waals surface area contributed by atoms with Gasteiger partial charge in [0.1, 0.15) is 0 Å². The fraction of sp³-hybridized carbons (Fsp3) is 0.917. The van der Waals surface area contributed by atoms with Crippen LogP contribution in [0.3, 0.4) is 0 Å². The second-order valence-corrected chi connectivity index (χ2v) is 5.04. The van der Waals surface area contributed by atoms with Crippen LogP contribution >= 0.6 is 0 Å². The van der Waals surface area contributed by atoms with E-state index >= 15 is 0 Å². The average molecular weight is 211 g/mol. The first-order chi connectivity index (χ1) is 7.09. The third-order valence-corrected chi connectivity index (χ3v) is 2.84. The monoisotopic (exact) mass is 211 g/mol. The fourth-order valence-corrected chi connectivity index (χ4v) is 1.85. The van der Waals surface area contributed by atoms with Gasteiger partial charge in [-0.15, -0.1) is 0 Å². The van der Waals surface area contributed by atoms with Crippen molar-refractivity contribution in [3.05, 3.63) is 0 Å². The van der Waals surface area contributed by atoms with E-state index in [1.807, 2.05) is 0 Å². The van der Waals surface area contributed by atoms with Crippen LogP contribution in [0, 0.1) is 5.92 Å². The third kappa shape index (κ3) is 4.65. The van der Waals surface area contributed by atoms with Gasteiger partial charge in [-0.25, -0.2) is 0 Å². The molecule has 1 heterocycles. The first-order valence-corrected chi connectivity index (χ1v) is 6.04. The van der Waals surface area contributed by atoms with Gasteiger partial charge in [-0.2, -0.15) is 0 Å². The molecule has 88 valence electrons. The number of likely N-dealkylation sites (N-methyl/N-ethyl adjacent to an activating group) is 1. The predicted molar refractivity (Wildman–Crippen MR) is 66.5 cm³/mol. The zero-order chi connectivity index (χ0) is 11.3. The highest BCUT2D eigenvalue weighted by Crippen LogP contribution is 2.08. The Morgan fingerprint density at radius 1 is 1.33 bits per heavy atom. The number of nitrogens with one attached hydrogen (secondary N) is 1. The molecule has 1 atom stereocenters. The molecule has 0 aliphatic carbocycles. The first kappa shape index (κ1) is 12.5. The van der Waals surface area contributed by atoms with Crippen LogP contribution < -0.4 is 5.32 Å². The zero-order valence-electron chi connectivity index (χ0n) is 10.6. The minimum absolute atomic E-state index is 0.525. The highest BCUT2D eigenvalue weighted by molar-refractivity contribution is 5.82. The van der Waals surface area contributed by atoms with Crippen molar-refractivity contribution in [2.24, 2.45) is 10.9 Å². The molecular weight excluding hydrogens is 186 g/mol. The van der Waals surface area contributed by atoms with E-state index < -0.39 is 0 Å². The van der Waals surface area contributed by atoms with Gasteiger partial charge in [-0.3, -0.25) is 4.99 Å². The molecular formula is C12H25N3. The Kier molecular flexibility index (Phi) is 5.09. The van der Waals surface area contributed by atoms with E-state index in [0.29, 0.717) is 12.0 Å². The normalized spacial score (nSPS) is 19.2. The Morgan fingerprint density at radius 3 is 2.53 bits per heavy atom. The SMILES string of the molecule is CC(C)C(CN(C)C)NC1=NCCCC1. The quantitative estimate of drug-likeness (QED) is 0.767. The van der Waals surface area contributed by atoms with Gasteiger partial charge in [0.2, 0.25) is 0 Å². The van der Waals surface area contributed by atoms with Crippen LogP contribution in [0.5, 0.6) is 0 Å². The summed E-state index contributed by atoms with van der Waals surface area (Å²) in [6, 6.07) is 0.525. The topological polar surface area (TPSA) is 27.6 Å². The van der Waals surface area contributed by atoms with Gasteiger partial charge in [0.05, 0.1) is 5.84 Å². The molecule has 0 saturated carbocycles. The van der Waals surface area contributed by atoms with E-state index in [4.69, 9.17) is 0 Å². The molecule has 0 amide bonds. The summed E-state index contributed by atoms with van der Waals surface area (Å²) in [7, 11) is 4.25. The Hall–Kier alpha value is -0.570. The van der Waals surface area contributed by atoms with Gasteiger partial charge in [-0.05, 0) is 32.9 Å². The van der Waals surface area contributed by atoms with Gasteiger partial charge < -0.3 is 10.2 Å². The Labute approximate surface area is 94.0 Å². The number of hydrogen-bond donors (Lipinski definition) is 1. The lowest BCUT2D eigenvalue weighted by atomic mass is 10.0. The van der Waals surface area contributed by atoms with Gasteiger partial charge in [0.15, 0.2) is 0 Å². The Bertz CT molecular complexity index is 209.